The molecule has 4 N–H and O–H groups in total. The fourth-order valence-corrected chi connectivity index (χ4v) is 2.29. The van der Waals surface area contributed by atoms with Crippen LogP contribution < -0.4 is 10.6 Å². The average molecular weight is 264 g/mol. The molecule has 1 aromatic heterocycles. The first kappa shape index (κ1) is 12.0. The lowest BCUT2D eigenvalue weighted by Crippen LogP contribution is -2.54. The van der Waals surface area contributed by atoms with Gasteiger partial charge in [-0.05, 0) is 32.1 Å². The van der Waals surface area contributed by atoms with Gasteiger partial charge in [0.15, 0.2) is 0 Å². The Balaban J connectivity index is 1.73. The normalized spacial score (nSPS) is 20.4. The topological polar surface area (TPSA) is 107 Å². The number of imidazole rings is 1. The number of urea groups is 1. The minimum absolute atomic E-state index is 0.0469. The molecule has 0 bridgehead atoms. The number of aromatic amines is 1. The van der Waals surface area contributed by atoms with E-state index in [-0.39, 0.29) is 11.7 Å². The number of amides is 2. The number of carboxylic acids is 1. The van der Waals surface area contributed by atoms with Crippen molar-refractivity contribution in [2.75, 3.05) is 0 Å². The van der Waals surface area contributed by atoms with E-state index in [2.05, 4.69) is 20.6 Å². The molecule has 0 aliphatic heterocycles. The molecule has 1 aromatic rings. The van der Waals surface area contributed by atoms with E-state index in [4.69, 9.17) is 5.11 Å². The Bertz CT molecular complexity index is 517. The number of carbonyl (C=O) groups excluding carboxylic acids is 1. The van der Waals surface area contributed by atoms with Crippen molar-refractivity contribution in [2.45, 2.75) is 43.7 Å². The zero-order valence-electron chi connectivity index (χ0n) is 10.4. The molecule has 7 heteroatoms. The third-order valence-corrected chi connectivity index (χ3v) is 3.73. The monoisotopic (exact) mass is 264 g/mol. The van der Waals surface area contributed by atoms with Gasteiger partial charge in [0.25, 0.3) is 0 Å². The lowest BCUT2D eigenvalue weighted by molar-refractivity contribution is 0.0690. The van der Waals surface area contributed by atoms with Crippen molar-refractivity contribution < 1.29 is 14.7 Å². The van der Waals surface area contributed by atoms with Crippen molar-refractivity contribution in [1.29, 1.82) is 0 Å². The van der Waals surface area contributed by atoms with Crippen LogP contribution in [0.25, 0.3) is 0 Å². The largest absolute Gasteiger partial charge is 0.477 e. The summed E-state index contributed by atoms with van der Waals surface area (Å²) >= 11 is 0. The molecule has 2 aliphatic rings. The Morgan fingerprint density at radius 3 is 2.63 bits per heavy atom. The van der Waals surface area contributed by atoms with E-state index in [1.807, 2.05) is 0 Å². The summed E-state index contributed by atoms with van der Waals surface area (Å²) in [6.07, 6.45) is 5.90. The number of aromatic nitrogens is 2. The maximum absolute atomic E-state index is 11.8. The van der Waals surface area contributed by atoms with Gasteiger partial charge in [0.1, 0.15) is 11.5 Å². The van der Waals surface area contributed by atoms with Gasteiger partial charge in [-0.1, -0.05) is 0 Å². The van der Waals surface area contributed by atoms with Crippen LogP contribution in [0.1, 0.15) is 48.4 Å². The second kappa shape index (κ2) is 4.25. The lowest BCUT2D eigenvalue weighted by Gasteiger charge is -2.40. The Morgan fingerprint density at radius 2 is 2.16 bits per heavy atom. The Kier molecular flexibility index (Phi) is 2.69. The minimum atomic E-state index is -1.05. The number of carbonyl (C=O) groups is 2. The van der Waals surface area contributed by atoms with Gasteiger partial charge in [-0.3, -0.25) is 0 Å². The van der Waals surface area contributed by atoms with E-state index in [1.165, 1.54) is 6.20 Å². The van der Waals surface area contributed by atoms with Crippen LogP contribution in [0.2, 0.25) is 0 Å². The van der Waals surface area contributed by atoms with E-state index >= 15 is 0 Å². The molecule has 1 heterocycles. The van der Waals surface area contributed by atoms with Gasteiger partial charge in [-0.2, -0.15) is 0 Å². The lowest BCUT2D eigenvalue weighted by atomic mass is 9.76. The molecular formula is C12H16N4O3. The molecule has 2 fully saturated rings. The van der Waals surface area contributed by atoms with Crippen LogP contribution in [0.3, 0.4) is 0 Å². The van der Waals surface area contributed by atoms with Crippen molar-refractivity contribution in [2.24, 2.45) is 0 Å². The maximum Gasteiger partial charge on any atom is 0.353 e. The molecule has 0 spiro atoms. The maximum atomic E-state index is 11.8. The highest BCUT2D eigenvalue weighted by atomic mass is 16.4. The van der Waals surface area contributed by atoms with Crippen molar-refractivity contribution in [3.8, 4) is 0 Å². The van der Waals surface area contributed by atoms with Gasteiger partial charge in [0.05, 0.1) is 11.7 Å². The first-order valence-corrected chi connectivity index (χ1v) is 6.46. The third-order valence-electron chi connectivity index (χ3n) is 3.73. The van der Waals surface area contributed by atoms with Gasteiger partial charge in [0, 0.05) is 6.04 Å². The number of aromatic carboxylic acids is 1. The van der Waals surface area contributed by atoms with E-state index in [1.54, 1.807) is 0 Å². The smallest absolute Gasteiger partial charge is 0.353 e. The molecule has 0 atom stereocenters. The fourth-order valence-electron chi connectivity index (χ4n) is 2.29. The zero-order valence-corrected chi connectivity index (χ0v) is 10.4. The third kappa shape index (κ3) is 2.27. The standard InChI is InChI=1S/C12H16N4O3/c17-9(18)8-6-13-10(15-8)12(4-1-5-12)16-11(19)14-7-2-3-7/h6-7H,1-5H2,(H,13,15)(H,17,18)(H2,14,16,19). The number of H-pyrrole nitrogens is 1. The van der Waals surface area contributed by atoms with E-state index in [0.717, 1.165) is 32.1 Å². The van der Waals surface area contributed by atoms with E-state index in [0.29, 0.717) is 11.9 Å². The quantitative estimate of drug-likeness (QED) is 0.649. The highest BCUT2D eigenvalue weighted by molar-refractivity contribution is 5.85. The summed E-state index contributed by atoms with van der Waals surface area (Å²) in [5.41, 5.74) is -0.488. The number of nitrogens with zero attached hydrogens (tertiary/aromatic N) is 1. The Hall–Kier alpha value is -2.05. The summed E-state index contributed by atoms with van der Waals surface area (Å²) < 4.78 is 0. The molecule has 19 heavy (non-hydrogen) atoms. The molecular weight excluding hydrogens is 248 g/mol. The summed E-state index contributed by atoms with van der Waals surface area (Å²) in [5.74, 6) is -0.516. The molecule has 0 saturated heterocycles. The number of nitrogens with one attached hydrogen (secondary N) is 3. The number of hydrogen-bond donors (Lipinski definition) is 4. The average Bonchev–Trinajstić information content (AvgIpc) is 2.96. The second-order valence-electron chi connectivity index (χ2n) is 5.26. The summed E-state index contributed by atoms with van der Waals surface area (Å²) in [7, 11) is 0. The SMILES string of the molecule is O=C(NC1CC1)NC1(c2ncc(C(=O)O)[nH]2)CCC1. The molecule has 2 amide bonds. The van der Waals surface area contributed by atoms with Crippen LogP contribution in [-0.4, -0.2) is 33.1 Å². The van der Waals surface area contributed by atoms with Crippen molar-refractivity contribution in [3.63, 3.8) is 0 Å². The van der Waals surface area contributed by atoms with Crippen molar-refractivity contribution in [3.05, 3.63) is 17.7 Å². The molecule has 3 rings (SSSR count). The van der Waals surface area contributed by atoms with E-state index < -0.39 is 11.5 Å². The fraction of sp³-hybridized carbons (Fsp3) is 0.583. The second-order valence-corrected chi connectivity index (χ2v) is 5.26. The van der Waals surface area contributed by atoms with Gasteiger partial charge in [-0.25, -0.2) is 14.6 Å². The first-order chi connectivity index (χ1) is 9.09. The molecule has 7 nitrogen and oxygen atoms in total. The summed E-state index contributed by atoms with van der Waals surface area (Å²) in [4.78, 5) is 29.6. The van der Waals surface area contributed by atoms with Gasteiger partial charge in [-0.15, -0.1) is 0 Å². The Labute approximate surface area is 109 Å². The van der Waals surface area contributed by atoms with Crippen LogP contribution in [0.4, 0.5) is 4.79 Å². The summed E-state index contributed by atoms with van der Waals surface area (Å²) in [6.45, 7) is 0. The Morgan fingerprint density at radius 1 is 1.42 bits per heavy atom. The highest BCUT2D eigenvalue weighted by Gasteiger charge is 2.43. The van der Waals surface area contributed by atoms with Crippen LogP contribution >= 0.6 is 0 Å². The highest BCUT2D eigenvalue weighted by Crippen LogP contribution is 2.39. The molecule has 0 aromatic carbocycles. The number of rotatable bonds is 4. The first-order valence-electron chi connectivity index (χ1n) is 6.46. The van der Waals surface area contributed by atoms with Crippen molar-refractivity contribution >= 4 is 12.0 Å². The molecule has 102 valence electrons. The zero-order chi connectivity index (χ0) is 13.5. The number of carboxylic acid groups (broad SMARTS) is 1. The predicted molar refractivity (Wildman–Crippen MR) is 65.8 cm³/mol. The summed E-state index contributed by atoms with van der Waals surface area (Å²) in [5, 5.41) is 14.7. The molecule has 2 saturated carbocycles. The van der Waals surface area contributed by atoms with Crippen LogP contribution in [0.5, 0.6) is 0 Å². The number of hydrogen-bond acceptors (Lipinski definition) is 3. The van der Waals surface area contributed by atoms with Crippen LogP contribution in [0.15, 0.2) is 6.20 Å². The molecule has 0 unspecified atom stereocenters. The van der Waals surface area contributed by atoms with Gasteiger partial charge >= 0.3 is 12.0 Å². The van der Waals surface area contributed by atoms with Gasteiger partial charge < -0.3 is 20.7 Å². The van der Waals surface area contributed by atoms with Crippen LogP contribution in [0, 0.1) is 0 Å². The summed E-state index contributed by atoms with van der Waals surface area (Å²) in [6, 6.07) is 0.0961. The minimum Gasteiger partial charge on any atom is -0.477 e. The van der Waals surface area contributed by atoms with E-state index in [9.17, 15) is 9.59 Å². The predicted octanol–water partition coefficient (Wildman–Crippen LogP) is 0.949. The molecule has 0 radical (unpaired) electrons. The molecule has 2 aliphatic carbocycles. The van der Waals surface area contributed by atoms with Gasteiger partial charge in [0.2, 0.25) is 0 Å². The van der Waals surface area contributed by atoms with Crippen LogP contribution in [-0.2, 0) is 5.54 Å². The van der Waals surface area contributed by atoms with Crippen molar-refractivity contribution in [1.82, 2.24) is 20.6 Å².